The highest BCUT2D eigenvalue weighted by atomic mass is 32.2. The van der Waals surface area contributed by atoms with E-state index in [-0.39, 0.29) is 17.7 Å². The predicted molar refractivity (Wildman–Crippen MR) is 115 cm³/mol. The van der Waals surface area contributed by atoms with Crippen LogP contribution in [0.1, 0.15) is 35.3 Å². The molecule has 0 spiro atoms. The molecule has 2 N–H and O–H groups in total. The topological polar surface area (TPSA) is 84.5 Å². The first-order valence-corrected chi connectivity index (χ1v) is 10.3. The fourth-order valence-corrected chi connectivity index (χ4v) is 3.34. The molecule has 0 aliphatic rings. The fraction of sp³-hybridized carbons (Fsp3) is 0.318. The third kappa shape index (κ3) is 7.27. The smallest absolute Gasteiger partial charge is 0.339 e. The number of carbonyl (C=O) groups excluding carboxylic acids is 3. The third-order valence-electron chi connectivity index (χ3n) is 4.04. The van der Waals surface area contributed by atoms with Gasteiger partial charge in [0.15, 0.2) is 6.61 Å². The highest BCUT2D eigenvalue weighted by Crippen LogP contribution is 2.23. The van der Waals surface area contributed by atoms with Crippen LogP contribution in [-0.4, -0.2) is 36.2 Å². The zero-order chi connectivity index (χ0) is 21.4. The average Bonchev–Trinajstić information content (AvgIpc) is 2.67. The van der Waals surface area contributed by atoms with Crippen LogP contribution in [-0.2, 0) is 14.3 Å². The molecule has 0 saturated carbocycles. The van der Waals surface area contributed by atoms with Crippen LogP contribution in [0.15, 0.2) is 47.4 Å². The van der Waals surface area contributed by atoms with Gasteiger partial charge >= 0.3 is 5.97 Å². The van der Waals surface area contributed by atoms with Crippen molar-refractivity contribution in [2.45, 2.75) is 38.6 Å². The molecule has 6 nitrogen and oxygen atoms in total. The molecule has 0 unspecified atom stereocenters. The quantitative estimate of drug-likeness (QED) is 0.508. The monoisotopic (exact) mass is 414 g/mol. The first-order chi connectivity index (χ1) is 13.8. The Bertz CT molecular complexity index is 896. The Morgan fingerprint density at radius 2 is 1.72 bits per heavy atom. The number of benzene rings is 2. The summed E-state index contributed by atoms with van der Waals surface area (Å²) in [6, 6.07) is 12.5. The molecule has 29 heavy (non-hydrogen) atoms. The molecule has 0 aliphatic heterocycles. The minimum Gasteiger partial charge on any atom is -0.452 e. The van der Waals surface area contributed by atoms with Gasteiger partial charge in [-0.2, -0.15) is 0 Å². The highest BCUT2D eigenvalue weighted by molar-refractivity contribution is 8.00. The third-order valence-corrected chi connectivity index (χ3v) is 5.11. The van der Waals surface area contributed by atoms with Gasteiger partial charge in [0.25, 0.3) is 5.91 Å². The van der Waals surface area contributed by atoms with Crippen molar-refractivity contribution in [3.63, 3.8) is 0 Å². The zero-order valence-electron chi connectivity index (χ0n) is 17.1. The second-order valence-electron chi connectivity index (χ2n) is 6.93. The summed E-state index contributed by atoms with van der Waals surface area (Å²) in [5.41, 5.74) is 3.17. The van der Waals surface area contributed by atoms with E-state index in [2.05, 4.69) is 10.6 Å². The Morgan fingerprint density at radius 3 is 2.41 bits per heavy atom. The Kier molecular flexibility index (Phi) is 8.27. The largest absolute Gasteiger partial charge is 0.452 e. The summed E-state index contributed by atoms with van der Waals surface area (Å²) in [6.07, 6.45) is 0. The van der Waals surface area contributed by atoms with E-state index in [9.17, 15) is 14.4 Å². The van der Waals surface area contributed by atoms with Gasteiger partial charge in [-0.1, -0.05) is 18.2 Å². The van der Waals surface area contributed by atoms with Crippen molar-refractivity contribution >= 4 is 35.2 Å². The SMILES string of the molecule is Cc1ccc(NC(=O)COC(=O)c2ccccc2SCC(=O)NC(C)C)cc1C. The van der Waals surface area contributed by atoms with E-state index in [0.29, 0.717) is 16.1 Å². The van der Waals surface area contributed by atoms with E-state index in [4.69, 9.17) is 4.74 Å². The Labute approximate surface area is 175 Å². The van der Waals surface area contributed by atoms with Crippen LogP contribution in [0.3, 0.4) is 0 Å². The van der Waals surface area contributed by atoms with Crippen molar-refractivity contribution < 1.29 is 19.1 Å². The lowest BCUT2D eigenvalue weighted by atomic mass is 10.1. The molecule has 154 valence electrons. The number of rotatable bonds is 8. The van der Waals surface area contributed by atoms with Gasteiger partial charge in [0.1, 0.15) is 0 Å². The molecular weight excluding hydrogens is 388 g/mol. The number of nitrogens with one attached hydrogen (secondary N) is 2. The van der Waals surface area contributed by atoms with E-state index in [1.54, 1.807) is 30.3 Å². The molecule has 0 atom stereocenters. The number of thioether (sulfide) groups is 1. The lowest BCUT2D eigenvalue weighted by Gasteiger charge is -2.11. The number of esters is 1. The first kappa shape index (κ1) is 22.5. The number of hydrogen-bond donors (Lipinski definition) is 2. The van der Waals surface area contributed by atoms with Gasteiger partial charge in [0.2, 0.25) is 5.91 Å². The molecule has 2 rings (SSSR count). The summed E-state index contributed by atoms with van der Waals surface area (Å²) in [5, 5.41) is 5.52. The van der Waals surface area contributed by atoms with E-state index in [1.165, 1.54) is 11.8 Å². The predicted octanol–water partition coefficient (Wildman–Crippen LogP) is 3.72. The van der Waals surface area contributed by atoms with Crippen LogP contribution < -0.4 is 10.6 Å². The van der Waals surface area contributed by atoms with Crippen molar-refractivity contribution in [2.24, 2.45) is 0 Å². The van der Waals surface area contributed by atoms with E-state index < -0.39 is 18.5 Å². The number of hydrogen-bond acceptors (Lipinski definition) is 5. The van der Waals surface area contributed by atoms with Gasteiger partial charge in [-0.25, -0.2) is 4.79 Å². The maximum absolute atomic E-state index is 12.4. The van der Waals surface area contributed by atoms with E-state index in [1.807, 2.05) is 39.8 Å². The molecule has 0 radical (unpaired) electrons. The Morgan fingerprint density at radius 1 is 1.00 bits per heavy atom. The van der Waals surface area contributed by atoms with Crippen LogP contribution in [0.4, 0.5) is 5.69 Å². The summed E-state index contributed by atoms with van der Waals surface area (Å²) in [4.78, 5) is 37.0. The summed E-state index contributed by atoms with van der Waals surface area (Å²) >= 11 is 1.25. The van der Waals surface area contributed by atoms with Crippen LogP contribution >= 0.6 is 11.8 Å². The zero-order valence-corrected chi connectivity index (χ0v) is 17.9. The number of amides is 2. The van der Waals surface area contributed by atoms with Crippen molar-refractivity contribution in [3.8, 4) is 0 Å². The lowest BCUT2D eigenvalue weighted by Crippen LogP contribution is -2.31. The molecule has 0 fully saturated rings. The minimum absolute atomic E-state index is 0.0548. The molecule has 0 saturated heterocycles. The average molecular weight is 415 g/mol. The lowest BCUT2D eigenvalue weighted by molar-refractivity contribution is -0.119. The summed E-state index contributed by atoms with van der Waals surface area (Å²) in [7, 11) is 0. The summed E-state index contributed by atoms with van der Waals surface area (Å²) in [5.74, 6) is -0.938. The van der Waals surface area contributed by atoms with Crippen LogP contribution in [0.2, 0.25) is 0 Å². The number of carbonyl (C=O) groups is 3. The Balaban J connectivity index is 1.92. The minimum atomic E-state index is -0.604. The van der Waals surface area contributed by atoms with Gasteiger partial charge in [0.05, 0.1) is 11.3 Å². The molecule has 0 heterocycles. The second-order valence-corrected chi connectivity index (χ2v) is 7.95. The van der Waals surface area contributed by atoms with Gasteiger partial charge in [-0.05, 0) is 63.1 Å². The summed E-state index contributed by atoms with van der Waals surface area (Å²) < 4.78 is 5.16. The Hall–Kier alpha value is -2.80. The molecule has 0 bridgehead atoms. The maximum atomic E-state index is 12.4. The van der Waals surface area contributed by atoms with Crippen LogP contribution in [0.25, 0.3) is 0 Å². The molecule has 0 aliphatic carbocycles. The fourth-order valence-electron chi connectivity index (χ4n) is 2.49. The van der Waals surface area contributed by atoms with Crippen LogP contribution in [0, 0.1) is 13.8 Å². The molecule has 0 aromatic heterocycles. The van der Waals surface area contributed by atoms with Gasteiger partial charge in [0, 0.05) is 16.6 Å². The standard InChI is InChI=1S/C22H26N2O4S/c1-14(2)23-21(26)13-29-19-8-6-5-7-18(19)22(27)28-12-20(25)24-17-10-9-15(3)16(4)11-17/h5-11,14H,12-13H2,1-4H3,(H,23,26)(H,24,25). The van der Waals surface area contributed by atoms with Crippen molar-refractivity contribution in [3.05, 3.63) is 59.2 Å². The molecule has 7 heteroatoms. The maximum Gasteiger partial charge on any atom is 0.339 e. The molecule has 2 aromatic rings. The number of aryl methyl sites for hydroxylation is 2. The molecular formula is C22H26N2O4S. The van der Waals surface area contributed by atoms with Crippen molar-refractivity contribution in [2.75, 3.05) is 17.7 Å². The van der Waals surface area contributed by atoms with E-state index in [0.717, 1.165) is 11.1 Å². The number of anilines is 1. The molecule has 2 amide bonds. The van der Waals surface area contributed by atoms with Crippen molar-refractivity contribution in [1.29, 1.82) is 0 Å². The first-order valence-electron chi connectivity index (χ1n) is 9.31. The summed E-state index contributed by atoms with van der Waals surface area (Å²) in [6.45, 7) is 7.33. The second kappa shape index (κ2) is 10.7. The normalized spacial score (nSPS) is 10.5. The van der Waals surface area contributed by atoms with Crippen molar-refractivity contribution in [1.82, 2.24) is 5.32 Å². The van der Waals surface area contributed by atoms with Gasteiger partial charge < -0.3 is 15.4 Å². The van der Waals surface area contributed by atoms with Gasteiger partial charge in [-0.15, -0.1) is 11.8 Å². The number of ether oxygens (including phenoxy) is 1. The van der Waals surface area contributed by atoms with Gasteiger partial charge in [-0.3, -0.25) is 9.59 Å². The van der Waals surface area contributed by atoms with E-state index >= 15 is 0 Å². The van der Waals surface area contributed by atoms with Crippen LogP contribution in [0.5, 0.6) is 0 Å². The highest BCUT2D eigenvalue weighted by Gasteiger charge is 2.16. The molecule has 2 aromatic carbocycles.